The van der Waals surface area contributed by atoms with Gasteiger partial charge in [0.25, 0.3) is 5.56 Å². The average molecular weight is 181 g/mol. The second-order valence-electron chi connectivity index (χ2n) is 3.03. The number of aromatic amines is 1. The molecule has 1 fully saturated rings. The summed E-state index contributed by atoms with van der Waals surface area (Å²) in [4.78, 5) is 10.7. The second-order valence-corrected chi connectivity index (χ2v) is 3.03. The molecule has 0 aromatic carbocycles. The van der Waals surface area contributed by atoms with Crippen LogP contribution in [-0.4, -0.2) is 29.5 Å². The number of nitrogens with one attached hydrogen (secondary N) is 2. The van der Waals surface area contributed by atoms with Gasteiger partial charge in [0.15, 0.2) is 0 Å². The lowest BCUT2D eigenvalue weighted by Gasteiger charge is -2.26. The molecule has 2 N–H and O–H groups in total. The quantitative estimate of drug-likeness (QED) is 0.644. The Labute approximate surface area is 75.1 Å². The van der Waals surface area contributed by atoms with Gasteiger partial charge in [-0.3, -0.25) is 4.79 Å². The van der Waals surface area contributed by atoms with Crippen LogP contribution < -0.4 is 10.9 Å². The Kier molecular flexibility index (Phi) is 2.37. The van der Waals surface area contributed by atoms with E-state index in [0.717, 1.165) is 18.9 Å². The summed E-state index contributed by atoms with van der Waals surface area (Å²) in [5, 5.41) is 9.50. The molecule has 70 valence electrons. The number of hydrogen-bond acceptors (Lipinski definition) is 4. The molecule has 0 bridgehead atoms. The SMILES string of the molecule is O=c1ccc(CNC2COC2)n[nH]1. The lowest BCUT2D eigenvalue weighted by molar-refractivity contribution is -0.00593. The number of hydrogen-bond donors (Lipinski definition) is 2. The Hall–Kier alpha value is -1.20. The standard InChI is InChI=1S/C8H11N3O2/c12-8-2-1-6(10-11-8)3-9-7-4-13-5-7/h1-2,7,9H,3-5H2,(H,11,12). The van der Waals surface area contributed by atoms with Crippen LogP contribution in [0.5, 0.6) is 0 Å². The van der Waals surface area contributed by atoms with Gasteiger partial charge in [0.1, 0.15) is 0 Å². The van der Waals surface area contributed by atoms with E-state index in [0.29, 0.717) is 12.6 Å². The number of aromatic nitrogens is 2. The van der Waals surface area contributed by atoms with E-state index in [2.05, 4.69) is 15.5 Å². The first-order valence-corrected chi connectivity index (χ1v) is 4.20. The zero-order valence-corrected chi connectivity index (χ0v) is 7.12. The molecule has 5 nitrogen and oxygen atoms in total. The molecule has 0 radical (unpaired) electrons. The van der Waals surface area contributed by atoms with Crippen LogP contribution in [-0.2, 0) is 11.3 Å². The Morgan fingerprint density at radius 3 is 3.00 bits per heavy atom. The van der Waals surface area contributed by atoms with Gasteiger partial charge in [-0.15, -0.1) is 0 Å². The maximum atomic E-state index is 10.7. The molecular formula is C8H11N3O2. The Balaban J connectivity index is 1.86. The van der Waals surface area contributed by atoms with Crippen LogP contribution in [0, 0.1) is 0 Å². The van der Waals surface area contributed by atoms with Crippen molar-refractivity contribution >= 4 is 0 Å². The number of H-pyrrole nitrogens is 1. The number of rotatable bonds is 3. The highest BCUT2D eigenvalue weighted by Gasteiger charge is 2.16. The van der Waals surface area contributed by atoms with Crippen LogP contribution in [0.3, 0.4) is 0 Å². The maximum absolute atomic E-state index is 10.7. The fourth-order valence-electron chi connectivity index (χ4n) is 1.07. The highest BCUT2D eigenvalue weighted by molar-refractivity contribution is 4.99. The molecule has 0 unspecified atom stereocenters. The van der Waals surface area contributed by atoms with E-state index in [1.807, 2.05) is 0 Å². The van der Waals surface area contributed by atoms with Crippen LogP contribution in [0.25, 0.3) is 0 Å². The molecule has 1 aromatic rings. The largest absolute Gasteiger partial charge is 0.378 e. The summed E-state index contributed by atoms with van der Waals surface area (Å²) in [6, 6.07) is 3.63. The predicted molar refractivity (Wildman–Crippen MR) is 46.3 cm³/mol. The summed E-state index contributed by atoms with van der Waals surface area (Å²) < 4.78 is 5.00. The van der Waals surface area contributed by atoms with Crippen LogP contribution in [0.1, 0.15) is 5.69 Å². The molecule has 0 aliphatic carbocycles. The Morgan fingerprint density at radius 1 is 1.62 bits per heavy atom. The minimum atomic E-state index is -0.171. The fourth-order valence-corrected chi connectivity index (χ4v) is 1.07. The van der Waals surface area contributed by atoms with Crippen molar-refractivity contribution < 1.29 is 4.74 Å². The van der Waals surface area contributed by atoms with Crippen LogP contribution >= 0.6 is 0 Å². The molecule has 1 aromatic heterocycles. The fraction of sp³-hybridized carbons (Fsp3) is 0.500. The minimum Gasteiger partial charge on any atom is -0.378 e. The van der Waals surface area contributed by atoms with Crippen LogP contribution in [0.4, 0.5) is 0 Å². The zero-order chi connectivity index (χ0) is 9.10. The molecule has 5 heteroatoms. The molecule has 0 saturated carbocycles. The van der Waals surface area contributed by atoms with Gasteiger partial charge in [-0.25, -0.2) is 5.10 Å². The molecule has 1 saturated heterocycles. The van der Waals surface area contributed by atoms with E-state index >= 15 is 0 Å². The van der Waals surface area contributed by atoms with Crippen molar-refractivity contribution in [3.8, 4) is 0 Å². The predicted octanol–water partition coefficient (Wildman–Crippen LogP) is -0.742. The highest BCUT2D eigenvalue weighted by atomic mass is 16.5. The van der Waals surface area contributed by atoms with Gasteiger partial charge in [0.2, 0.25) is 0 Å². The lowest BCUT2D eigenvalue weighted by atomic mass is 10.2. The van der Waals surface area contributed by atoms with Crippen LogP contribution in [0.15, 0.2) is 16.9 Å². The maximum Gasteiger partial charge on any atom is 0.264 e. The van der Waals surface area contributed by atoms with Gasteiger partial charge in [0, 0.05) is 12.6 Å². The first-order valence-electron chi connectivity index (χ1n) is 4.20. The molecule has 0 atom stereocenters. The van der Waals surface area contributed by atoms with Gasteiger partial charge >= 0.3 is 0 Å². The van der Waals surface area contributed by atoms with Gasteiger partial charge in [-0.05, 0) is 6.07 Å². The number of ether oxygens (including phenoxy) is 1. The normalized spacial score (nSPS) is 16.9. The Morgan fingerprint density at radius 2 is 2.46 bits per heavy atom. The van der Waals surface area contributed by atoms with Crippen LogP contribution in [0.2, 0.25) is 0 Å². The van der Waals surface area contributed by atoms with E-state index in [1.165, 1.54) is 6.07 Å². The molecular weight excluding hydrogens is 170 g/mol. The van der Waals surface area contributed by atoms with Gasteiger partial charge in [-0.1, -0.05) is 0 Å². The summed E-state index contributed by atoms with van der Waals surface area (Å²) >= 11 is 0. The van der Waals surface area contributed by atoms with E-state index in [9.17, 15) is 4.79 Å². The second kappa shape index (κ2) is 3.68. The first-order chi connectivity index (χ1) is 6.34. The molecule has 0 amide bonds. The smallest absolute Gasteiger partial charge is 0.264 e. The summed E-state index contributed by atoms with van der Waals surface area (Å²) in [5.41, 5.74) is 0.669. The van der Waals surface area contributed by atoms with Gasteiger partial charge < -0.3 is 10.1 Å². The molecule has 2 rings (SSSR count). The minimum absolute atomic E-state index is 0.171. The third kappa shape index (κ3) is 2.13. The molecule has 1 aliphatic rings. The molecule has 2 heterocycles. The summed E-state index contributed by atoms with van der Waals surface area (Å²) in [5.74, 6) is 0. The third-order valence-corrected chi connectivity index (χ3v) is 1.95. The molecule has 1 aliphatic heterocycles. The molecule has 13 heavy (non-hydrogen) atoms. The van der Waals surface area contributed by atoms with Crippen molar-refractivity contribution in [3.63, 3.8) is 0 Å². The van der Waals surface area contributed by atoms with Gasteiger partial charge in [-0.2, -0.15) is 5.10 Å². The third-order valence-electron chi connectivity index (χ3n) is 1.95. The molecule has 0 spiro atoms. The first kappa shape index (κ1) is 8.40. The van der Waals surface area contributed by atoms with Gasteiger partial charge in [0.05, 0.1) is 24.9 Å². The summed E-state index contributed by atoms with van der Waals surface area (Å²) in [7, 11) is 0. The van der Waals surface area contributed by atoms with Crippen molar-refractivity contribution in [3.05, 3.63) is 28.2 Å². The lowest BCUT2D eigenvalue weighted by Crippen LogP contribution is -2.45. The highest BCUT2D eigenvalue weighted by Crippen LogP contribution is 2.00. The number of nitrogens with zero attached hydrogens (tertiary/aromatic N) is 1. The summed E-state index contributed by atoms with van der Waals surface area (Å²) in [6.45, 7) is 2.21. The van der Waals surface area contributed by atoms with E-state index < -0.39 is 0 Å². The average Bonchev–Trinajstić information content (AvgIpc) is 2.05. The van der Waals surface area contributed by atoms with Crippen molar-refractivity contribution in [2.75, 3.05) is 13.2 Å². The Bertz CT molecular complexity index is 312. The van der Waals surface area contributed by atoms with Crippen molar-refractivity contribution in [1.82, 2.24) is 15.5 Å². The van der Waals surface area contributed by atoms with E-state index in [4.69, 9.17) is 4.74 Å². The van der Waals surface area contributed by atoms with E-state index in [-0.39, 0.29) is 5.56 Å². The summed E-state index contributed by atoms with van der Waals surface area (Å²) in [6.07, 6.45) is 0. The monoisotopic (exact) mass is 181 g/mol. The van der Waals surface area contributed by atoms with Crippen molar-refractivity contribution in [1.29, 1.82) is 0 Å². The van der Waals surface area contributed by atoms with Crippen molar-refractivity contribution in [2.24, 2.45) is 0 Å². The topological polar surface area (TPSA) is 67.0 Å². The van der Waals surface area contributed by atoms with Crippen molar-refractivity contribution in [2.45, 2.75) is 12.6 Å². The van der Waals surface area contributed by atoms with E-state index in [1.54, 1.807) is 6.07 Å². The zero-order valence-electron chi connectivity index (χ0n) is 7.12.